The van der Waals surface area contributed by atoms with Gasteiger partial charge in [0.25, 0.3) is 0 Å². The van der Waals surface area contributed by atoms with Crippen molar-refractivity contribution in [1.29, 1.82) is 0 Å². The standard InChI is InChI=1S/C11H10ClN3O2S/c1-7-2-3-8(4-9(7)12)15-6-13-14-11(15)18-5-10(16)17/h2-4,6H,5H2,1H3,(H,16,17). The second kappa shape index (κ2) is 5.41. The van der Waals surface area contributed by atoms with Crippen molar-refractivity contribution in [3.8, 4) is 5.69 Å². The Bertz CT molecular complexity index is 585. The zero-order valence-corrected chi connectivity index (χ0v) is 11.1. The van der Waals surface area contributed by atoms with Crippen molar-refractivity contribution in [3.63, 3.8) is 0 Å². The van der Waals surface area contributed by atoms with E-state index in [1.165, 1.54) is 6.33 Å². The molecule has 94 valence electrons. The van der Waals surface area contributed by atoms with E-state index in [2.05, 4.69) is 10.2 Å². The molecule has 0 aliphatic rings. The first-order chi connectivity index (χ1) is 8.58. The minimum atomic E-state index is -0.892. The normalized spacial score (nSPS) is 10.6. The lowest BCUT2D eigenvalue weighted by molar-refractivity contribution is -0.133. The summed E-state index contributed by atoms with van der Waals surface area (Å²) in [4.78, 5) is 10.5. The minimum Gasteiger partial charge on any atom is -0.481 e. The number of carbonyl (C=O) groups is 1. The second-order valence-corrected chi connectivity index (χ2v) is 4.95. The molecular weight excluding hydrogens is 274 g/mol. The summed E-state index contributed by atoms with van der Waals surface area (Å²) >= 11 is 7.17. The van der Waals surface area contributed by atoms with E-state index >= 15 is 0 Å². The largest absolute Gasteiger partial charge is 0.481 e. The van der Waals surface area contributed by atoms with Gasteiger partial charge in [-0.05, 0) is 24.6 Å². The topological polar surface area (TPSA) is 68.0 Å². The van der Waals surface area contributed by atoms with Gasteiger partial charge in [0.2, 0.25) is 0 Å². The number of aromatic nitrogens is 3. The Labute approximate surface area is 113 Å². The van der Waals surface area contributed by atoms with Crippen molar-refractivity contribution in [3.05, 3.63) is 35.1 Å². The van der Waals surface area contributed by atoms with Crippen LogP contribution >= 0.6 is 23.4 Å². The van der Waals surface area contributed by atoms with E-state index in [9.17, 15) is 4.79 Å². The molecule has 0 saturated heterocycles. The van der Waals surface area contributed by atoms with Crippen LogP contribution in [0, 0.1) is 6.92 Å². The van der Waals surface area contributed by atoms with E-state index in [1.807, 2.05) is 19.1 Å². The van der Waals surface area contributed by atoms with Gasteiger partial charge in [-0.25, -0.2) is 0 Å². The smallest absolute Gasteiger partial charge is 0.313 e. The highest BCUT2D eigenvalue weighted by Gasteiger charge is 2.10. The number of carboxylic acids is 1. The molecule has 1 aromatic carbocycles. The fourth-order valence-corrected chi connectivity index (χ4v) is 2.18. The summed E-state index contributed by atoms with van der Waals surface area (Å²) in [6.07, 6.45) is 1.53. The average molecular weight is 284 g/mol. The molecule has 7 heteroatoms. The highest BCUT2D eigenvalue weighted by molar-refractivity contribution is 7.99. The SMILES string of the molecule is Cc1ccc(-n2cnnc2SCC(=O)O)cc1Cl. The van der Waals surface area contributed by atoms with Crippen LogP contribution in [0.2, 0.25) is 5.02 Å². The van der Waals surface area contributed by atoms with E-state index in [0.29, 0.717) is 10.2 Å². The number of aliphatic carboxylic acids is 1. The molecule has 0 spiro atoms. The predicted molar refractivity (Wildman–Crippen MR) is 69.5 cm³/mol. The van der Waals surface area contributed by atoms with Crippen LogP contribution in [0.1, 0.15) is 5.56 Å². The summed E-state index contributed by atoms with van der Waals surface area (Å²) in [6, 6.07) is 5.57. The first-order valence-corrected chi connectivity index (χ1v) is 6.45. The molecule has 0 fully saturated rings. The summed E-state index contributed by atoms with van der Waals surface area (Å²) in [5.41, 5.74) is 1.79. The van der Waals surface area contributed by atoms with Gasteiger partial charge >= 0.3 is 5.97 Å². The number of nitrogens with zero attached hydrogens (tertiary/aromatic N) is 3. The van der Waals surface area contributed by atoms with Gasteiger partial charge in [-0.2, -0.15) is 0 Å². The Kier molecular flexibility index (Phi) is 3.88. The highest BCUT2D eigenvalue weighted by atomic mass is 35.5. The summed E-state index contributed by atoms with van der Waals surface area (Å²) in [7, 11) is 0. The second-order valence-electron chi connectivity index (χ2n) is 3.60. The lowest BCUT2D eigenvalue weighted by Crippen LogP contribution is -2.01. The number of hydrogen-bond donors (Lipinski definition) is 1. The fraction of sp³-hybridized carbons (Fsp3) is 0.182. The van der Waals surface area contributed by atoms with Crippen molar-refractivity contribution in [2.45, 2.75) is 12.1 Å². The van der Waals surface area contributed by atoms with E-state index in [1.54, 1.807) is 10.6 Å². The van der Waals surface area contributed by atoms with Crippen molar-refractivity contribution in [2.24, 2.45) is 0 Å². The number of rotatable bonds is 4. The molecule has 2 aromatic rings. The Morgan fingerprint density at radius 2 is 2.33 bits per heavy atom. The van der Waals surface area contributed by atoms with Crippen molar-refractivity contribution < 1.29 is 9.90 Å². The van der Waals surface area contributed by atoms with Gasteiger partial charge in [0, 0.05) is 5.02 Å². The van der Waals surface area contributed by atoms with E-state index in [0.717, 1.165) is 23.0 Å². The Morgan fingerprint density at radius 1 is 1.56 bits per heavy atom. The van der Waals surface area contributed by atoms with Crippen LogP contribution in [-0.4, -0.2) is 31.6 Å². The first-order valence-electron chi connectivity index (χ1n) is 5.09. The number of aryl methyl sites for hydroxylation is 1. The third kappa shape index (κ3) is 2.83. The van der Waals surface area contributed by atoms with Gasteiger partial charge in [0.05, 0.1) is 11.4 Å². The van der Waals surface area contributed by atoms with Gasteiger partial charge in [-0.3, -0.25) is 9.36 Å². The van der Waals surface area contributed by atoms with Crippen LogP contribution in [0.3, 0.4) is 0 Å². The maximum absolute atomic E-state index is 10.5. The molecule has 0 aliphatic carbocycles. The molecule has 1 heterocycles. The molecule has 0 amide bonds. The molecule has 0 unspecified atom stereocenters. The van der Waals surface area contributed by atoms with Crippen molar-refractivity contribution in [1.82, 2.24) is 14.8 Å². The third-order valence-electron chi connectivity index (χ3n) is 2.27. The van der Waals surface area contributed by atoms with Crippen LogP contribution in [0.4, 0.5) is 0 Å². The van der Waals surface area contributed by atoms with Gasteiger partial charge in [-0.1, -0.05) is 29.4 Å². The zero-order valence-electron chi connectivity index (χ0n) is 9.50. The Hall–Kier alpha value is -1.53. The summed E-state index contributed by atoms with van der Waals surface area (Å²) in [5, 5.41) is 17.5. The fourth-order valence-electron chi connectivity index (χ4n) is 1.36. The molecule has 0 bridgehead atoms. The van der Waals surface area contributed by atoms with Crippen LogP contribution in [0.15, 0.2) is 29.7 Å². The number of halogens is 1. The zero-order chi connectivity index (χ0) is 13.1. The molecule has 0 aliphatic heterocycles. The van der Waals surface area contributed by atoms with Gasteiger partial charge in [0.15, 0.2) is 5.16 Å². The molecule has 1 N–H and O–H groups in total. The number of hydrogen-bond acceptors (Lipinski definition) is 4. The van der Waals surface area contributed by atoms with Crippen molar-refractivity contribution in [2.75, 3.05) is 5.75 Å². The van der Waals surface area contributed by atoms with Crippen LogP contribution in [0.25, 0.3) is 5.69 Å². The maximum atomic E-state index is 10.5. The Balaban J connectivity index is 2.30. The molecule has 1 aromatic heterocycles. The molecule has 0 atom stereocenters. The summed E-state index contributed by atoms with van der Waals surface area (Å²) in [5.74, 6) is -0.949. The molecule has 18 heavy (non-hydrogen) atoms. The highest BCUT2D eigenvalue weighted by Crippen LogP contribution is 2.23. The van der Waals surface area contributed by atoms with Gasteiger partial charge in [0.1, 0.15) is 6.33 Å². The molecular formula is C11H10ClN3O2S. The van der Waals surface area contributed by atoms with Crippen molar-refractivity contribution >= 4 is 29.3 Å². The first kappa shape index (κ1) is 12.9. The average Bonchev–Trinajstić information content (AvgIpc) is 2.78. The van der Waals surface area contributed by atoms with Crippen LogP contribution < -0.4 is 0 Å². The number of carboxylic acid groups (broad SMARTS) is 1. The monoisotopic (exact) mass is 283 g/mol. The lowest BCUT2D eigenvalue weighted by atomic mass is 10.2. The Morgan fingerprint density at radius 3 is 3.00 bits per heavy atom. The predicted octanol–water partition coefficient (Wildman–Crippen LogP) is 2.41. The van der Waals surface area contributed by atoms with Gasteiger partial charge < -0.3 is 5.11 Å². The number of thioether (sulfide) groups is 1. The summed E-state index contributed by atoms with van der Waals surface area (Å²) < 4.78 is 1.71. The third-order valence-corrected chi connectivity index (χ3v) is 3.61. The van der Waals surface area contributed by atoms with E-state index < -0.39 is 5.97 Å². The summed E-state index contributed by atoms with van der Waals surface area (Å²) in [6.45, 7) is 1.92. The minimum absolute atomic E-state index is 0.0573. The molecule has 2 rings (SSSR count). The van der Waals surface area contributed by atoms with E-state index in [-0.39, 0.29) is 5.75 Å². The molecule has 0 saturated carbocycles. The van der Waals surface area contributed by atoms with Crippen LogP contribution in [-0.2, 0) is 4.79 Å². The quantitative estimate of drug-likeness (QED) is 0.873. The van der Waals surface area contributed by atoms with Gasteiger partial charge in [-0.15, -0.1) is 10.2 Å². The molecule has 5 nitrogen and oxygen atoms in total. The molecule has 0 radical (unpaired) electrons. The van der Waals surface area contributed by atoms with E-state index in [4.69, 9.17) is 16.7 Å². The maximum Gasteiger partial charge on any atom is 0.313 e. The number of benzene rings is 1. The lowest BCUT2D eigenvalue weighted by Gasteiger charge is -2.07. The van der Waals surface area contributed by atoms with Crippen LogP contribution in [0.5, 0.6) is 0 Å².